The molecule has 0 bridgehead atoms. The molecule has 0 saturated carbocycles. The van der Waals surface area contributed by atoms with Crippen molar-refractivity contribution in [2.24, 2.45) is 0 Å². The average Bonchev–Trinajstić information content (AvgIpc) is 2.75. The maximum atomic E-state index is 10.3. The van der Waals surface area contributed by atoms with Crippen molar-refractivity contribution in [2.45, 2.75) is 0 Å². The van der Waals surface area contributed by atoms with Gasteiger partial charge < -0.3 is 4.98 Å². The Morgan fingerprint density at radius 3 is 2.56 bits per heavy atom. The Bertz CT molecular complexity index is 511. The van der Waals surface area contributed by atoms with E-state index in [2.05, 4.69) is 4.98 Å². The Hall–Kier alpha value is -1.80. The first-order chi connectivity index (χ1) is 7.81. The summed E-state index contributed by atoms with van der Waals surface area (Å²) in [4.78, 5) is 13.3. The van der Waals surface area contributed by atoms with Gasteiger partial charge in [-0.15, -0.1) is 0 Å². The molecule has 1 N–H and O–H groups in total. The lowest BCUT2D eigenvalue weighted by Crippen LogP contribution is -1.79. The highest BCUT2D eigenvalue weighted by atomic mass is 35.5. The van der Waals surface area contributed by atoms with Crippen molar-refractivity contribution >= 4 is 24.0 Å². The quantitative estimate of drug-likeness (QED) is 0.636. The zero-order valence-electron chi connectivity index (χ0n) is 8.48. The van der Waals surface area contributed by atoms with Crippen molar-refractivity contribution in [3.8, 4) is 11.1 Å². The van der Waals surface area contributed by atoms with Crippen LogP contribution in [0.25, 0.3) is 17.2 Å². The van der Waals surface area contributed by atoms with Crippen LogP contribution in [0.1, 0.15) is 5.69 Å². The average molecular weight is 232 g/mol. The molecule has 16 heavy (non-hydrogen) atoms. The van der Waals surface area contributed by atoms with E-state index in [1.807, 2.05) is 36.5 Å². The predicted molar refractivity (Wildman–Crippen MR) is 66.3 cm³/mol. The number of carbonyl (C=O) groups is 1. The fraction of sp³-hybridized carbons (Fsp3) is 0. The van der Waals surface area contributed by atoms with E-state index in [9.17, 15) is 4.79 Å². The van der Waals surface area contributed by atoms with Crippen molar-refractivity contribution in [1.29, 1.82) is 0 Å². The minimum Gasteiger partial charge on any atom is -0.361 e. The van der Waals surface area contributed by atoms with Crippen LogP contribution in [0.2, 0.25) is 5.02 Å². The van der Waals surface area contributed by atoms with Crippen molar-refractivity contribution < 1.29 is 4.79 Å². The summed E-state index contributed by atoms with van der Waals surface area (Å²) in [7, 11) is 0. The van der Waals surface area contributed by atoms with Gasteiger partial charge in [0, 0.05) is 22.5 Å². The van der Waals surface area contributed by atoms with E-state index in [-0.39, 0.29) is 0 Å². The topological polar surface area (TPSA) is 32.9 Å². The van der Waals surface area contributed by atoms with E-state index >= 15 is 0 Å². The normalized spacial score (nSPS) is 10.8. The summed E-state index contributed by atoms with van der Waals surface area (Å²) in [6.45, 7) is 0. The van der Waals surface area contributed by atoms with E-state index in [0.29, 0.717) is 5.02 Å². The first-order valence-corrected chi connectivity index (χ1v) is 5.24. The van der Waals surface area contributed by atoms with Crippen LogP contribution in [0.15, 0.2) is 42.6 Å². The smallest absolute Gasteiger partial charge is 0.142 e. The van der Waals surface area contributed by atoms with Gasteiger partial charge in [0.2, 0.25) is 0 Å². The molecule has 0 fully saturated rings. The minimum absolute atomic E-state index is 0.712. The van der Waals surface area contributed by atoms with Gasteiger partial charge in [-0.25, -0.2) is 0 Å². The second kappa shape index (κ2) is 4.81. The zero-order chi connectivity index (χ0) is 11.4. The number of nitrogens with one attached hydrogen (secondary N) is 1. The molecule has 0 aliphatic carbocycles. The second-order valence-electron chi connectivity index (χ2n) is 3.31. The summed E-state index contributed by atoms with van der Waals surface area (Å²) in [5.74, 6) is 0. The van der Waals surface area contributed by atoms with Crippen molar-refractivity contribution in [3.05, 3.63) is 53.3 Å². The molecule has 0 radical (unpaired) electrons. The van der Waals surface area contributed by atoms with Crippen LogP contribution < -0.4 is 0 Å². The Balaban J connectivity index is 2.40. The molecule has 0 aliphatic rings. The number of benzene rings is 1. The number of aldehydes is 1. The largest absolute Gasteiger partial charge is 0.361 e. The third-order valence-corrected chi connectivity index (χ3v) is 2.53. The fourth-order valence-electron chi connectivity index (χ4n) is 1.54. The van der Waals surface area contributed by atoms with Crippen LogP contribution in [0.4, 0.5) is 0 Å². The lowest BCUT2D eigenvalue weighted by atomic mass is 10.1. The number of aromatic amines is 1. The Morgan fingerprint density at radius 2 is 1.88 bits per heavy atom. The summed E-state index contributed by atoms with van der Waals surface area (Å²) in [5.41, 5.74) is 3.03. The SMILES string of the molecule is O=CC=Cc1[nH]ccc1-c1ccc(Cl)cc1. The molecular weight excluding hydrogens is 222 g/mol. The van der Waals surface area contributed by atoms with Gasteiger partial charge in [-0.3, -0.25) is 4.79 Å². The minimum atomic E-state index is 0.712. The van der Waals surface area contributed by atoms with E-state index in [1.165, 1.54) is 6.08 Å². The van der Waals surface area contributed by atoms with Gasteiger partial charge in [-0.1, -0.05) is 23.7 Å². The summed E-state index contributed by atoms with van der Waals surface area (Å²) in [6, 6.07) is 9.55. The highest BCUT2D eigenvalue weighted by Gasteiger charge is 2.03. The number of hydrogen-bond acceptors (Lipinski definition) is 1. The van der Waals surface area contributed by atoms with Gasteiger partial charge in [-0.05, 0) is 35.9 Å². The molecular formula is C13H10ClNO. The Morgan fingerprint density at radius 1 is 1.12 bits per heavy atom. The molecule has 0 atom stereocenters. The third kappa shape index (κ3) is 2.23. The molecule has 0 saturated heterocycles. The predicted octanol–water partition coefficient (Wildman–Crippen LogP) is 3.55. The third-order valence-electron chi connectivity index (χ3n) is 2.28. The van der Waals surface area contributed by atoms with E-state index in [4.69, 9.17) is 11.6 Å². The molecule has 3 heteroatoms. The molecule has 1 heterocycles. The van der Waals surface area contributed by atoms with Gasteiger partial charge in [0.05, 0.1) is 0 Å². The highest BCUT2D eigenvalue weighted by molar-refractivity contribution is 6.30. The van der Waals surface area contributed by atoms with Crippen LogP contribution in [-0.4, -0.2) is 11.3 Å². The molecule has 0 aliphatic heterocycles. The Labute approximate surface area is 98.6 Å². The van der Waals surface area contributed by atoms with Gasteiger partial charge in [0.25, 0.3) is 0 Å². The van der Waals surface area contributed by atoms with Crippen molar-refractivity contribution in [1.82, 2.24) is 4.98 Å². The van der Waals surface area contributed by atoms with Gasteiger partial charge >= 0.3 is 0 Å². The molecule has 0 spiro atoms. The Kier molecular flexibility index (Phi) is 3.22. The van der Waals surface area contributed by atoms with Crippen LogP contribution in [0, 0.1) is 0 Å². The number of aromatic nitrogens is 1. The fourth-order valence-corrected chi connectivity index (χ4v) is 1.66. The number of carbonyl (C=O) groups excluding carboxylic acids is 1. The van der Waals surface area contributed by atoms with Gasteiger partial charge in [0.15, 0.2) is 0 Å². The lowest BCUT2D eigenvalue weighted by Gasteiger charge is -2.00. The van der Waals surface area contributed by atoms with Crippen LogP contribution in [0.3, 0.4) is 0 Å². The second-order valence-corrected chi connectivity index (χ2v) is 3.74. The molecule has 0 unspecified atom stereocenters. The number of hydrogen-bond donors (Lipinski definition) is 1. The maximum absolute atomic E-state index is 10.3. The molecule has 1 aromatic carbocycles. The zero-order valence-corrected chi connectivity index (χ0v) is 9.24. The monoisotopic (exact) mass is 231 g/mol. The summed E-state index contributed by atoms with van der Waals surface area (Å²) in [6.07, 6.45) is 5.81. The van der Waals surface area contributed by atoms with E-state index in [1.54, 1.807) is 6.08 Å². The molecule has 0 amide bonds. The summed E-state index contributed by atoms with van der Waals surface area (Å²) >= 11 is 5.83. The molecule has 2 rings (SSSR count). The number of halogens is 1. The molecule has 1 aromatic heterocycles. The molecule has 2 aromatic rings. The molecule has 80 valence electrons. The number of allylic oxidation sites excluding steroid dienone is 1. The van der Waals surface area contributed by atoms with Crippen LogP contribution >= 0.6 is 11.6 Å². The summed E-state index contributed by atoms with van der Waals surface area (Å²) in [5, 5.41) is 0.712. The maximum Gasteiger partial charge on any atom is 0.142 e. The van der Waals surface area contributed by atoms with E-state index < -0.39 is 0 Å². The highest BCUT2D eigenvalue weighted by Crippen LogP contribution is 2.25. The first-order valence-electron chi connectivity index (χ1n) is 4.86. The molecule has 2 nitrogen and oxygen atoms in total. The van der Waals surface area contributed by atoms with Gasteiger partial charge in [-0.2, -0.15) is 0 Å². The lowest BCUT2D eigenvalue weighted by molar-refractivity contribution is -0.104. The van der Waals surface area contributed by atoms with Crippen molar-refractivity contribution in [2.75, 3.05) is 0 Å². The van der Waals surface area contributed by atoms with Crippen molar-refractivity contribution in [3.63, 3.8) is 0 Å². The first kappa shape index (κ1) is 10.7. The number of rotatable bonds is 3. The summed E-state index contributed by atoms with van der Waals surface area (Å²) < 4.78 is 0. The van der Waals surface area contributed by atoms with Crippen LogP contribution in [-0.2, 0) is 4.79 Å². The standard InChI is InChI=1S/C13H10ClNO/c14-11-5-3-10(4-6-11)12-7-8-15-13(12)2-1-9-16/h1-9,15H. The van der Waals surface area contributed by atoms with Gasteiger partial charge in [0.1, 0.15) is 6.29 Å². The number of H-pyrrole nitrogens is 1. The van der Waals surface area contributed by atoms with Crippen LogP contribution in [0.5, 0.6) is 0 Å². The van der Waals surface area contributed by atoms with E-state index in [0.717, 1.165) is 23.1 Å².